The van der Waals surface area contributed by atoms with Gasteiger partial charge in [0, 0.05) is 19.2 Å². The number of likely N-dealkylation sites (N-methyl/N-ethyl adjacent to an activating group) is 1. The summed E-state index contributed by atoms with van der Waals surface area (Å²) in [6, 6.07) is 9.77. The lowest BCUT2D eigenvalue weighted by Gasteiger charge is -2.22. The molecule has 3 rings (SSSR count). The van der Waals surface area contributed by atoms with Crippen molar-refractivity contribution >= 4 is 17.5 Å². The number of carbonyl (C=O) groups excluding carboxylic acids is 1. The first-order valence-corrected chi connectivity index (χ1v) is 8.24. The molecule has 2 aromatic rings. The van der Waals surface area contributed by atoms with Crippen LogP contribution in [0.1, 0.15) is 24.1 Å². The second-order valence-corrected chi connectivity index (χ2v) is 6.20. The van der Waals surface area contributed by atoms with Gasteiger partial charge in [0.25, 0.3) is 0 Å². The number of benzene rings is 1. The molecule has 1 aromatic heterocycles. The van der Waals surface area contributed by atoms with Crippen molar-refractivity contribution in [1.82, 2.24) is 20.0 Å². The zero-order valence-electron chi connectivity index (χ0n) is 13.4. The van der Waals surface area contributed by atoms with E-state index >= 15 is 0 Å². The van der Waals surface area contributed by atoms with Gasteiger partial charge in [-0.3, -0.25) is 9.69 Å². The molecule has 1 amide bonds. The number of hydrogen-bond acceptors (Lipinski definition) is 3. The third-order valence-electron chi connectivity index (χ3n) is 4.40. The van der Waals surface area contributed by atoms with Crippen molar-refractivity contribution in [2.45, 2.75) is 32.4 Å². The molecule has 1 fully saturated rings. The predicted molar refractivity (Wildman–Crippen MR) is 90.8 cm³/mol. The van der Waals surface area contributed by atoms with Crippen LogP contribution in [0, 0.1) is 6.92 Å². The maximum Gasteiger partial charge on any atom is 0.237 e. The SMILES string of the molecule is CNC(=O)C1CCCN1Cc1c(C)nn(-c2ccccc2)c1Cl. The highest BCUT2D eigenvalue weighted by Gasteiger charge is 2.31. The van der Waals surface area contributed by atoms with Gasteiger partial charge < -0.3 is 5.32 Å². The van der Waals surface area contributed by atoms with E-state index < -0.39 is 0 Å². The first-order valence-electron chi connectivity index (χ1n) is 7.87. The summed E-state index contributed by atoms with van der Waals surface area (Å²) in [5.41, 5.74) is 2.84. The van der Waals surface area contributed by atoms with E-state index in [1.807, 2.05) is 37.3 Å². The van der Waals surface area contributed by atoms with Crippen LogP contribution in [0.3, 0.4) is 0 Å². The van der Waals surface area contributed by atoms with E-state index in [2.05, 4.69) is 15.3 Å². The Hall–Kier alpha value is -1.85. The van der Waals surface area contributed by atoms with Crippen molar-refractivity contribution in [3.63, 3.8) is 0 Å². The molecule has 1 aromatic carbocycles. The summed E-state index contributed by atoms with van der Waals surface area (Å²) in [7, 11) is 1.69. The van der Waals surface area contributed by atoms with E-state index in [4.69, 9.17) is 11.6 Å². The molecule has 1 saturated heterocycles. The molecule has 6 heteroatoms. The third-order valence-corrected chi connectivity index (χ3v) is 4.78. The molecule has 0 aliphatic carbocycles. The largest absolute Gasteiger partial charge is 0.358 e. The molecular weight excluding hydrogens is 312 g/mol. The van der Waals surface area contributed by atoms with Crippen LogP contribution in [-0.4, -0.2) is 40.2 Å². The Labute approximate surface area is 141 Å². The Balaban J connectivity index is 1.87. The van der Waals surface area contributed by atoms with Crippen LogP contribution in [0.25, 0.3) is 5.69 Å². The second kappa shape index (κ2) is 6.72. The van der Waals surface area contributed by atoms with E-state index in [1.54, 1.807) is 11.7 Å². The van der Waals surface area contributed by atoms with Crippen LogP contribution in [0.5, 0.6) is 0 Å². The first kappa shape index (κ1) is 16.0. The summed E-state index contributed by atoms with van der Waals surface area (Å²) >= 11 is 6.58. The second-order valence-electron chi connectivity index (χ2n) is 5.84. The molecule has 1 atom stereocenters. The van der Waals surface area contributed by atoms with Crippen LogP contribution in [0.15, 0.2) is 30.3 Å². The summed E-state index contributed by atoms with van der Waals surface area (Å²) in [5, 5.41) is 7.94. The Morgan fingerprint density at radius 1 is 1.39 bits per heavy atom. The van der Waals surface area contributed by atoms with Crippen LogP contribution in [0.2, 0.25) is 5.15 Å². The van der Waals surface area contributed by atoms with Crippen LogP contribution >= 0.6 is 11.6 Å². The normalized spacial score (nSPS) is 18.3. The Morgan fingerprint density at radius 2 is 2.13 bits per heavy atom. The Morgan fingerprint density at radius 3 is 2.83 bits per heavy atom. The maximum absolute atomic E-state index is 12.0. The zero-order chi connectivity index (χ0) is 16.4. The minimum absolute atomic E-state index is 0.0736. The van der Waals surface area contributed by atoms with Crippen molar-refractivity contribution in [2.24, 2.45) is 0 Å². The number of nitrogens with zero attached hydrogens (tertiary/aromatic N) is 3. The van der Waals surface area contributed by atoms with Crippen LogP contribution in [-0.2, 0) is 11.3 Å². The summed E-state index contributed by atoms with van der Waals surface area (Å²) in [6.45, 7) is 3.52. The van der Waals surface area contributed by atoms with Crippen molar-refractivity contribution in [3.8, 4) is 5.69 Å². The van der Waals surface area contributed by atoms with Crippen molar-refractivity contribution in [2.75, 3.05) is 13.6 Å². The zero-order valence-corrected chi connectivity index (χ0v) is 14.2. The van der Waals surface area contributed by atoms with Gasteiger partial charge in [-0.1, -0.05) is 29.8 Å². The van der Waals surface area contributed by atoms with E-state index in [1.165, 1.54) is 0 Å². The summed E-state index contributed by atoms with van der Waals surface area (Å²) in [5.74, 6) is 0.0757. The number of carbonyl (C=O) groups is 1. The van der Waals surface area contributed by atoms with Crippen molar-refractivity contribution < 1.29 is 4.79 Å². The minimum Gasteiger partial charge on any atom is -0.358 e. The monoisotopic (exact) mass is 332 g/mol. The molecule has 0 radical (unpaired) electrons. The molecular formula is C17H21ClN4O. The lowest BCUT2D eigenvalue weighted by Crippen LogP contribution is -2.41. The molecule has 122 valence electrons. The predicted octanol–water partition coefficient (Wildman–Crippen LogP) is 2.54. The molecule has 0 spiro atoms. The summed E-state index contributed by atoms with van der Waals surface area (Å²) in [4.78, 5) is 14.2. The first-order chi connectivity index (χ1) is 11.1. The Bertz CT molecular complexity index is 698. The van der Waals surface area contributed by atoms with Gasteiger partial charge in [-0.05, 0) is 38.4 Å². The number of likely N-dealkylation sites (tertiary alicyclic amines) is 1. The minimum atomic E-state index is -0.0736. The Kier molecular flexibility index (Phi) is 4.68. The molecule has 5 nitrogen and oxygen atoms in total. The smallest absolute Gasteiger partial charge is 0.237 e. The highest BCUT2D eigenvalue weighted by atomic mass is 35.5. The number of para-hydroxylation sites is 1. The number of rotatable bonds is 4. The summed E-state index contributed by atoms with van der Waals surface area (Å²) in [6.07, 6.45) is 1.92. The van der Waals surface area contributed by atoms with Crippen molar-refractivity contribution in [3.05, 3.63) is 46.7 Å². The number of halogens is 1. The van der Waals surface area contributed by atoms with Gasteiger partial charge in [-0.25, -0.2) is 4.68 Å². The number of amides is 1. The third kappa shape index (κ3) is 3.12. The van der Waals surface area contributed by atoms with Gasteiger partial charge in [-0.15, -0.1) is 0 Å². The molecule has 1 aliphatic heterocycles. The molecule has 2 heterocycles. The van der Waals surface area contributed by atoms with Gasteiger partial charge in [0.15, 0.2) is 0 Å². The van der Waals surface area contributed by atoms with Gasteiger partial charge in [0.1, 0.15) is 5.15 Å². The average Bonchev–Trinajstić information content (AvgIpc) is 3.15. The van der Waals surface area contributed by atoms with E-state index in [0.717, 1.165) is 36.3 Å². The molecule has 1 unspecified atom stereocenters. The number of aromatic nitrogens is 2. The standard InChI is InChI=1S/C17H21ClN4O/c1-12-14(11-21-10-6-9-15(21)17(23)19-2)16(18)22(20-12)13-7-4-3-5-8-13/h3-5,7-8,15H,6,9-11H2,1-2H3,(H,19,23). The highest BCUT2D eigenvalue weighted by molar-refractivity contribution is 6.30. The molecule has 23 heavy (non-hydrogen) atoms. The topological polar surface area (TPSA) is 50.2 Å². The quantitative estimate of drug-likeness (QED) is 0.936. The lowest BCUT2D eigenvalue weighted by atomic mass is 10.2. The molecule has 1 N–H and O–H groups in total. The average molecular weight is 333 g/mol. The fourth-order valence-corrected chi connectivity index (χ4v) is 3.47. The van der Waals surface area contributed by atoms with Gasteiger partial charge in [-0.2, -0.15) is 5.10 Å². The van der Waals surface area contributed by atoms with Crippen LogP contribution < -0.4 is 5.32 Å². The maximum atomic E-state index is 12.0. The summed E-state index contributed by atoms with van der Waals surface area (Å²) < 4.78 is 1.76. The molecule has 1 aliphatic rings. The number of aryl methyl sites for hydroxylation is 1. The van der Waals surface area contributed by atoms with Gasteiger partial charge in [0.05, 0.1) is 17.4 Å². The number of hydrogen-bond donors (Lipinski definition) is 1. The fourth-order valence-electron chi connectivity index (χ4n) is 3.13. The van der Waals surface area contributed by atoms with Crippen LogP contribution in [0.4, 0.5) is 0 Å². The van der Waals surface area contributed by atoms with Crippen molar-refractivity contribution in [1.29, 1.82) is 0 Å². The van der Waals surface area contributed by atoms with E-state index in [-0.39, 0.29) is 11.9 Å². The lowest BCUT2D eigenvalue weighted by molar-refractivity contribution is -0.125. The molecule has 0 bridgehead atoms. The van der Waals surface area contributed by atoms with Gasteiger partial charge in [0.2, 0.25) is 5.91 Å². The molecule has 0 saturated carbocycles. The fraction of sp³-hybridized carbons (Fsp3) is 0.412. The van der Waals surface area contributed by atoms with Gasteiger partial charge >= 0.3 is 0 Å². The number of nitrogens with one attached hydrogen (secondary N) is 1. The highest BCUT2D eigenvalue weighted by Crippen LogP contribution is 2.28. The van der Waals surface area contributed by atoms with E-state index in [9.17, 15) is 4.79 Å². The van der Waals surface area contributed by atoms with E-state index in [0.29, 0.717) is 11.7 Å².